The van der Waals surface area contributed by atoms with Gasteiger partial charge in [-0.1, -0.05) is 79.9 Å². The van der Waals surface area contributed by atoms with Gasteiger partial charge >= 0.3 is 0 Å². The van der Waals surface area contributed by atoms with E-state index >= 15 is 0 Å². The lowest BCUT2D eigenvalue weighted by molar-refractivity contribution is 0.567. The Kier molecular flexibility index (Phi) is 5.09. The van der Waals surface area contributed by atoms with Crippen LogP contribution < -0.4 is 10.6 Å². The number of fused-ring (bicyclic) bond motifs is 8. The number of aromatic amines is 1. The van der Waals surface area contributed by atoms with Crippen LogP contribution >= 0.6 is 0 Å². The summed E-state index contributed by atoms with van der Waals surface area (Å²) in [6.45, 7) is 10.8. The predicted octanol–water partition coefficient (Wildman–Crippen LogP) is 9.06. The summed E-state index contributed by atoms with van der Waals surface area (Å²) >= 11 is 0. The molecule has 4 aromatic heterocycles. The van der Waals surface area contributed by atoms with Crippen LogP contribution in [0.25, 0.3) is 95.1 Å². The average Bonchev–Trinajstić information content (AvgIpc) is 3.68. The number of para-hydroxylation sites is 3. The van der Waals surface area contributed by atoms with E-state index in [9.17, 15) is 0 Å². The van der Waals surface area contributed by atoms with Gasteiger partial charge < -0.3 is 14.0 Å². The van der Waals surface area contributed by atoms with E-state index in [0.717, 1.165) is 54.8 Å². The van der Waals surface area contributed by atoms with Gasteiger partial charge in [0.2, 0.25) is 5.71 Å². The maximum Gasteiger partial charge on any atom is 0.227 e. The van der Waals surface area contributed by atoms with Gasteiger partial charge in [0, 0.05) is 54.3 Å². The van der Waals surface area contributed by atoms with Crippen molar-refractivity contribution in [1.82, 2.24) is 14.5 Å². The normalized spacial score (nSPS) is 12.5. The van der Waals surface area contributed by atoms with Crippen molar-refractivity contribution in [3.8, 4) is 11.1 Å². The predicted molar refractivity (Wildman–Crippen MR) is 185 cm³/mol. The highest BCUT2D eigenvalue weighted by atomic mass is 16.3. The van der Waals surface area contributed by atoms with Crippen LogP contribution in [0.3, 0.4) is 0 Å². The first-order valence-electron chi connectivity index (χ1n) is 14.8. The number of nitrogens with one attached hydrogen (secondary N) is 1. The molecule has 0 radical (unpaired) electrons. The van der Waals surface area contributed by atoms with Crippen LogP contribution in [0.5, 0.6) is 0 Å². The third kappa shape index (κ3) is 3.55. The SMILES string of the molecule is C=C(/C=c1\c(=C)oc2nc3c(C)cccc3cc12)n1c2ccccc2c2cc(-c3ccc4[nH]c5ccccc5c4c3)ccc21. The molecule has 0 spiro atoms. The quantitative estimate of drug-likeness (QED) is 0.232. The van der Waals surface area contributed by atoms with Crippen LogP contribution in [-0.4, -0.2) is 14.5 Å². The fraction of sp³-hybridized carbons (Fsp3) is 0.0250. The molecule has 9 aromatic rings. The van der Waals surface area contributed by atoms with Crippen LogP contribution in [0.1, 0.15) is 5.56 Å². The number of H-pyrrole nitrogens is 1. The number of hydrogen-bond donors (Lipinski definition) is 1. The number of aromatic nitrogens is 3. The van der Waals surface area contributed by atoms with Crippen molar-refractivity contribution in [3.63, 3.8) is 0 Å². The summed E-state index contributed by atoms with van der Waals surface area (Å²) in [5, 5.41) is 7.75. The molecular formula is C40H27N3O. The first kappa shape index (κ1) is 24.7. The summed E-state index contributed by atoms with van der Waals surface area (Å²) in [6.07, 6.45) is 2.07. The van der Waals surface area contributed by atoms with Crippen LogP contribution in [0, 0.1) is 6.92 Å². The lowest BCUT2D eigenvalue weighted by atomic mass is 10.0. The highest BCUT2D eigenvalue weighted by Crippen LogP contribution is 2.36. The van der Waals surface area contributed by atoms with Crippen molar-refractivity contribution < 1.29 is 4.42 Å². The van der Waals surface area contributed by atoms with E-state index in [1.807, 2.05) is 0 Å². The van der Waals surface area contributed by atoms with Gasteiger partial charge in [-0.2, -0.15) is 0 Å². The van der Waals surface area contributed by atoms with Gasteiger partial charge in [-0.25, -0.2) is 4.98 Å². The minimum absolute atomic E-state index is 0.581. The van der Waals surface area contributed by atoms with E-state index in [1.54, 1.807) is 0 Å². The molecule has 0 atom stereocenters. The number of rotatable bonds is 3. The van der Waals surface area contributed by atoms with Crippen molar-refractivity contribution in [2.45, 2.75) is 6.92 Å². The molecule has 9 rings (SSSR count). The van der Waals surface area contributed by atoms with Gasteiger partial charge in [0.1, 0.15) is 5.42 Å². The summed E-state index contributed by atoms with van der Waals surface area (Å²) in [5.74, 6) is 0. The number of hydrogen-bond acceptors (Lipinski definition) is 2. The lowest BCUT2D eigenvalue weighted by Gasteiger charge is -2.08. The van der Waals surface area contributed by atoms with Crippen molar-refractivity contribution in [3.05, 3.63) is 132 Å². The summed E-state index contributed by atoms with van der Waals surface area (Å²) < 4.78 is 8.30. The van der Waals surface area contributed by atoms with E-state index in [-0.39, 0.29) is 0 Å². The molecule has 0 amide bonds. The molecular weight excluding hydrogens is 538 g/mol. The first-order valence-corrected chi connectivity index (χ1v) is 14.8. The molecule has 1 N–H and O–H groups in total. The molecule has 0 aliphatic heterocycles. The Morgan fingerprint density at radius 3 is 2.34 bits per heavy atom. The van der Waals surface area contributed by atoms with Crippen LogP contribution in [0.2, 0.25) is 0 Å². The fourth-order valence-corrected chi connectivity index (χ4v) is 6.80. The van der Waals surface area contributed by atoms with E-state index in [4.69, 9.17) is 9.40 Å². The standard InChI is InChI=1S/C40H27N3O/c1-23-9-8-10-28-22-34-31(25(3)44-40(34)42-39(23)28)19-24(2)43-37-14-7-5-12-30(37)33-21-27(16-18-38(33)43)26-15-17-36-32(20-26)29-11-4-6-13-35(29)41-36/h4-22,41H,2-3H2,1H3/b31-19+. The van der Waals surface area contributed by atoms with Gasteiger partial charge in [-0.3, -0.25) is 0 Å². The van der Waals surface area contributed by atoms with Crippen molar-refractivity contribution in [2.75, 3.05) is 0 Å². The highest BCUT2D eigenvalue weighted by molar-refractivity contribution is 6.13. The Balaban J connectivity index is 1.22. The van der Waals surface area contributed by atoms with Gasteiger partial charge in [-0.15, -0.1) is 0 Å². The molecule has 0 aliphatic rings. The summed E-state index contributed by atoms with van der Waals surface area (Å²) in [4.78, 5) is 8.37. The van der Waals surface area contributed by atoms with Crippen LogP contribution in [-0.2, 0) is 0 Å². The van der Waals surface area contributed by atoms with Crippen molar-refractivity contribution >= 4 is 84.0 Å². The van der Waals surface area contributed by atoms with E-state index in [1.165, 1.54) is 32.7 Å². The maximum atomic E-state index is 6.07. The van der Waals surface area contributed by atoms with Gasteiger partial charge in [0.25, 0.3) is 0 Å². The molecule has 0 saturated heterocycles. The smallest absolute Gasteiger partial charge is 0.227 e. The zero-order chi connectivity index (χ0) is 29.5. The Bertz CT molecular complexity index is 2770. The molecule has 0 unspecified atom stereocenters. The Morgan fingerprint density at radius 1 is 0.727 bits per heavy atom. The largest absolute Gasteiger partial charge is 0.438 e. The van der Waals surface area contributed by atoms with Crippen LogP contribution in [0.4, 0.5) is 0 Å². The molecule has 0 fully saturated rings. The summed E-state index contributed by atoms with van der Waals surface area (Å²) in [7, 11) is 0. The molecule has 5 aromatic carbocycles. The zero-order valence-electron chi connectivity index (χ0n) is 24.2. The number of aryl methyl sites for hydroxylation is 1. The second-order valence-corrected chi connectivity index (χ2v) is 11.6. The number of allylic oxidation sites excluding steroid dienone is 1. The summed E-state index contributed by atoms with van der Waals surface area (Å²) in [5.41, 5.74) is 10.9. The minimum atomic E-state index is 0.581. The topological polar surface area (TPSA) is 46.8 Å². The molecule has 0 saturated carbocycles. The minimum Gasteiger partial charge on any atom is -0.438 e. The number of nitrogens with zero attached hydrogens (tertiary/aromatic N) is 2. The van der Waals surface area contributed by atoms with Crippen LogP contribution in [0.15, 0.2) is 120 Å². The maximum absolute atomic E-state index is 6.07. The van der Waals surface area contributed by atoms with E-state index in [2.05, 4.69) is 145 Å². The fourth-order valence-electron chi connectivity index (χ4n) is 6.80. The van der Waals surface area contributed by atoms with E-state index < -0.39 is 0 Å². The van der Waals surface area contributed by atoms with Crippen molar-refractivity contribution in [2.24, 2.45) is 0 Å². The lowest BCUT2D eigenvalue weighted by Crippen LogP contribution is -2.18. The van der Waals surface area contributed by atoms with Gasteiger partial charge in [0.05, 0.1) is 16.6 Å². The Morgan fingerprint density at radius 2 is 1.45 bits per heavy atom. The second kappa shape index (κ2) is 9.06. The number of furan rings is 1. The van der Waals surface area contributed by atoms with Crippen molar-refractivity contribution in [1.29, 1.82) is 0 Å². The molecule has 4 nitrogen and oxygen atoms in total. The second-order valence-electron chi connectivity index (χ2n) is 11.6. The first-order chi connectivity index (χ1) is 21.5. The van der Waals surface area contributed by atoms with Gasteiger partial charge in [-0.05, 0) is 72.2 Å². The Hall–Kier alpha value is -5.87. The molecule has 4 heterocycles. The molecule has 208 valence electrons. The zero-order valence-corrected chi connectivity index (χ0v) is 24.2. The molecule has 0 bridgehead atoms. The van der Waals surface area contributed by atoms with Gasteiger partial charge in [0.15, 0.2) is 0 Å². The van der Waals surface area contributed by atoms with E-state index in [0.29, 0.717) is 11.1 Å². The third-order valence-electron chi connectivity index (χ3n) is 8.93. The monoisotopic (exact) mass is 565 g/mol. The number of pyridine rings is 1. The summed E-state index contributed by atoms with van der Waals surface area (Å²) in [6, 6.07) is 38.7. The average molecular weight is 566 g/mol. The third-order valence-corrected chi connectivity index (χ3v) is 8.93. The molecule has 0 aliphatic carbocycles. The molecule has 44 heavy (non-hydrogen) atoms. The number of benzene rings is 5. The Labute approximate surface area is 252 Å². The molecule has 4 heteroatoms. The highest BCUT2D eigenvalue weighted by Gasteiger charge is 2.15.